The van der Waals surface area contributed by atoms with Crippen molar-refractivity contribution in [2.24, 2.45) is 5.92 Å². The van der Waals surface area contributed by atoms with Gasteiger partial charge < -0.3 is 15.7 Å². The number of nitrogens with one attached hydrogen (secondary N) is 2. The maximum atomic E-state index is 11.5. The molecule has 2 amide bonds. The molecular weight excluding hydrogens is 254 g/mol. The Labute approximate surface area is 109 Å². The van der Waals surface area contributed by atoms with Gasteiger partial charge >= 0.3 is 12.0 Å². The number of nitrogens with zero attached hydrogens (tertiary/aromatic N) is 1. The van der Waals surface area contributed by atoms with Gasteiger partial charge in [-0.2, -0.15) is 0 Å². The summed E-state index contributed by atoms with van der Waals surface area (Å²) in [6, 6.07) is -0.195. The van der Waals surface area contributed by atoms with Gasteiger partial charge in [-0.25, -0.2) is 14.6 Å². The van der Waals surface area contributed by atoms with Crippen LogP contribution in [0.5, 0.6) is 0 Å². The Balaban J connectivity index is 2.40. The minimum absolute atomic E-state index is 0.00718. The number of hydrogen-bond acceptors (Lipinski definition) is 4. The third kappa shape index (κ3) is 4.33. The Morgan fingerprint density at radius 1 is 1.44 bits per heavy atom. The van der Waals surface area contributed by atoms with Crippen LogP contribution in [0, 0.1) is 5.92 Å². The zero-order chi connectivity index (χ0) is 13.7. The van der Waals surface area contributed by atoms with Gasteiger partial charge in [-0.15, -0.1) is 11.3 Å². The van der Waals surface area contributed by atoms with Gasteiger partial charge in [-0.3, -0.25) is 0 Å². The van der Waals surface area contributed by atoms with Crippen molar-refractivity contribution in [1.29, 1.82) is 0 Å². The van der Waals surface area contributed by atoms with Crippen molar-refractivity contribution in [3.63, 3.8) is 0 Å². The average Bonchev–Trinajstić information content (AvgIpc) is 2.74. The number of carbonyl (C=O) groups is 2. The first-order chi connectivity index (χ1) is 8.40. The van der Waals surface area contributed by atoms with E-state index in [1.165, 1.54) is 16.7 Å². The zero-order valence-electron chi connectivity index (χ0n) is 10.6. The summed E-state index contributed by atoms with van der Waals surface area (Å²) in [7, 11) is 0. The van der Waals surface area contributed by atoms with Crippen molar-refractivity contribution >= 4 is 23.3 Å². The molecule has 1 heterocycles. The topological polar surface area (TPSA) is 91.3 Å². The molecule has 1 atom stereocenters. The first-order valence-electron chi connectivity index (χ1n) is 5.62. The summed E-state index contributed by atoms with van der Waals surface area (Å²) >= 11 is 1.21. The monoisotopic (exact) mass is 271 g/mol. The highest BCUT2D eigenvalue weighted by molar-refractivity contribution is 7.09. The lowest BCUT2D eigenvalue weighted by Gasteiger charge is -2.17. The van der Waals surface area contributed by atoms with Crippen LogP contribution in [-0.2, 0) is 6.54 Å². The number of carboxylic acid groups (broad SMARTS) is 1. The molecule has 0 fully saturated rings. The SMILES string of the molecule is CC(C)C(C)NC(=O)NCc1nc(C(=O)O)cs1. The highest BCUT2D eigenvalue weighted by Crippen LogP contribution is 2.09. The van der Waals surface area contributed by atoms with Crippen LogP contribution in [0.1, 0.15) is 36.3 Å². The van der Waals surface area contributed by atoms with Gasteiger partial charge in [0.05, 0.1) is 6.54 Å². The Hall–Kier alpha value is -1.63. The Morgan fingerprint density at radius 3 is 2.61 bits per heavy atom. The van der Waals surface area contributed by atoms with E-state index in [4.69, 9.17) is 5.11 Å². The highest BCUT2D eigenvalue weighted by atomic mass is 32.1. The molecule has 0 saturated heterocycles. The molecule has 0 aliphatic carbocycles. The Morgan fingerprint density at radius 2 is 2.11 bits per heavy atom. The molecule has 0 radical (unpaired) electrons. The minimum Gasteiger partial charge on any atom is -0.476 e. The molecule has 6 nitrogen and oxygen atoms in total. The van der Waals surface area contributed by atoms with Crippen molar-refractivity contribution < 1.29 is 14.7 Å². The fourth-order valence-electron chi connectivity index (χ4n) is 1.07. The lowest BCUT2D eigenvalue weighted by Crippen LogP contribution is -2.42. The summed E-state index contributed by atoms with van der Waals surface area (Å²) in [5.74, 6) is -0.704. The van der Waals surface area contributed by atoms with Crippen molar-refractivity contribution in [2.75, 3.05) is 0 Å². The van der Waals surface area contributed by atoms with E-state index in [2.05, 4.69) is 15.6 Å². The van der Waals surface area contributed by atoms with Crippen LogP contribution in [0.4, 0.5) is 4.79 Å². The van der Waals surface area contributed by atoms with Gasteiger partial charge in [0.15, 0.2) is 5.69 Å². The van der Waals surface area contributed by atoms with Crippen LogP contribution < -0.4 is 10.6 Å². The molecule has 0 bridgehead atoms. The number of urea groups is 1. The van der Waals surface area contributed by atoms with Gasteiger partial charge in [0, 0.05) is 11.4 Å². The van der Waals surface area contributed by atoms with Crippen molar-refractivity contribution in [3.05, 3.63) is 16.1 Å². The molecule has 0 aliphatic rings. The third-order valence-corrected chi connectivity index (χ3v) is 3.38. The molecular formula is C11H17N3O3S. The number of aromatic carboxylic acids is 1. The third-order valence-electron chi connectivity index (χ3n) is 2.53. The molecule has 0 spiro atoms. The predicted octanol–water partition coefficient (Wildman–Crippen LogP) is 1.69. The van der Waals surface area contributed by atoms with Crippen LogP contribution in [0.2, 0.25) is 0 Å². The molecule has 0 aliphatic heterocycles. The number of thiazole rings is 1. The van der Waals surface area contributed by atoms with E-state index < -0.39 is 5.97 Å². The number of amides is 2. The van der Waals surface area contributed by atoms with Gasteiger partial charge in [0.2, 0.25) is 0 Å². The van der Waals surface area contributed by atoms with E-state index in [-0.39, 0.29) is 24.3 Å². The Bertz CT molecular complexity index is 431. The number of hydrogen-bond donors (Lipinski definition) is 3. The van der Waals surface area contributed by atoms with Gasteiger partial charge in [-0.05, 0) is 12.8 Å². The highest BCUT2D eigenvalue weighted by Gasteiger charge is 2.12. The van der Waals surface area contributed by atoms with Crippen LogP contribution in [0.3, 0.4) is 0 Å². The quantitative estimate of drug-likeness (QED) is 0.760. The smallest absolute Gasteiger partial charge is 0.355 e. The van der Waals surface area contributed by atoms with Crippen molar-refractivity contribution in [2.45, 2.75) is 33.4 Å². The second-order valence-electron chi connectivity index (χ2n) is 4.29. The molecule has 100 valence electrons. The van der Waals surface area contributed by atoms with E-state index in [1.807, 2.05) is 20.8 Å². The molecule has 1 aromatic rings. The predicted molar refractivity (Wildman–Crippen MR) is 68.7 cm³/mol. The maximum absolute atomic E-state index is 11.5. The maximum Gasteiger partial charge on any atom is 0.355 e. The average molecular weight is 271 g/mol. The van der Waals surface area contributed by atoms with Gasteiger partial charge in [0.25, 0.3) is 0 Å². The number of aromatic nitrogens is 1. The van der Waals surface area contributed by atoms with E-state index in [9.17, 15) is 9.59 Å². The lowest BCUT2D eigenvalue weighted by atomic mass is 10.1. The summed E-state index contributed by atoms with van der Waals surface area (Å²) in [4.78, 5) is 26.0. The molecule has 0 saturated carbocycles. The van der Waals surface area contributed by atoms with E-state index in [0.717, 1.165) is 0 Å². The van der Waals surface area contributed by atoms with E-state index >= 15 is 0 Å². The van der Waals surface area contributed by atoms with Gasteiger partial charge in [0.1, 0.15) is 5.01 Å². The van der Waals surface area contributed by atoms with Crippen LogP contribution in [-0.4, -0.2) is 28.1 Å². The summed E-state index contributed by atoms with van der Waals surface area (Å²) < 4.78 is 0. The second kappa shape index (κ2) is 6.34. The molecule has 18 heavy (non-hydrogen) atoms. The van der Waals surface area contributed by atoms with Crippen molar-refractivity contribution in [1.82, 2.24) is 15.6 Å². The number of carboxylic acids is 1. The minimum atomic E-state index is -1.06. The first kappa shape index (κ1) is 14.4. The lowest BCUT2D eigenvalue weighted by molar-refractivity contribution is 0.0691. The fraction of sp³-hybridized carbons (Fsp3) is 0.545. The molecule has 1 aromatic heterocycles. The van der Waals surface area contributed by atoms with E-state index in [0.29, 0.717) is 10.9 Å². The molecule has 1 unspecified atom stereocenters. The molecule has 1 rings (SSSR count). The summed E-state index contributed by atoms with van der Waals surface area (Å²) in [5.41, 5.74) is 0.00718. The molecule has 0 aromatic carbocycles. The summed E-state index contributed by atoms with van der Waals surface area (Å²) in [6.07, 6.45) is 0. The molecule has 3 N–H and O–H groups in total. The fourth-order valence-corrected chi connectivity index (χ4v) is 1.78. The Kier molecular flexibility index (Phi) is 5.08. The summed E-state index contributed by atoms with van der Waals surface area (Å²) in [5, 5.41) is 16.2. The van der Waals surface area contributed by atoms with Crippen LogP contribution >= 0.6 is 11.3 Å². The van der Waals surface area contributed by atoms with Crippen LogP contribution in [0.15, 0.2) is 5.38 Å². The summed E-state index contributed by atoms with van der Waals surface area (Å²) in [6.45, 7) is 6.20. The number of carbonyl (C=O) groups excluding carboxylic acids is 1. The largest absolute Gasteiger partial charge is 0.476 e. The standard InChI is InChI=1S/C11H17N3O3S/c1-6(2)7(3)13-11(17)12-4-9-14-8(5-18-9)10(15)16/h5-7H,4H2,1-3H3,(H,15,16)(H2,12,13,17). The van der Waals surface area contributed by atoms with Crippen molar-refractivity contribution in [3.8, 4) is 0 Å². The first-order valence-corrected chi connectivity index (χ1v) is 6.50. The van der Waals surface area contributed by atoms with E-state index in [1.54, 1.807) is 0 Å². The van der Waals surface area contributed by atoms with Gasteiger partial charge in [-0.1, -0.05) is 13.8 Å². The van der Waals surface area contributed by atoms with Crippen LogP contribution in [0.25, 0.3) is 0 Å². The number of rotatable bonds is 5. The zero-order valence-corrected chi connectivity index (χ0v) is 11.4. The molecule has 7 heteroatoms. The normalized spacial score (nSPS) is 12.2. The second-order valence-corrected chi connectivity index (χ2v) is 5.23.